The largest absolute Gasteiger partial charge is 0.480 e. The van der Waals surface area contributed by atoms with Gasteiger partial charge in [-0.3, -0.25) is 4.79 Å². The molecule has 2 aromatic rings. The van der Waals surface area contributed by atoms with E-state index in [-0.39, 0.29) is 11.9 Å². The Morgan fingerprint density at radius 2 is 2.29 bits per heavy atom. The number of nitrogens with zero attached hydrogens (tertiary/aromatic N) is 2. The third-order valence-corrected chi connectivity index (χ3v) is 4.91. The molecule has 1 aromatic heterocycles. The molecule has 128 valence electrons. The highest BCUT2D eigenvalue weighted by Crippen LogP contribution is 2.34. The molecule has 0 aliphatic carbocycles. The molecule has 1 aromatic carbocycles. The van der Waals surface area contributed by atoms with Crippen molar-refractivity contribution in [3.8, 4) is 5.75 Å². The van der Waals surface area contributed by atoms with E-state index in [1.807, 2.05) is 17.9 Å². The first-order chi connectivity index (χ1) is 11.5. The van der Waals surface area contributed by atoms with E-state index >= 15 is 0 Å². The maximum Gasteiger partial charge on any atom is 0.263 e. The van der Waals surface area contributed by atoms with Crippen LogP contribution in [0, 0.1) is 6.92 Å². The lowest BCUT2D eigenvalue weighted by Crippen LogP contribution is -2.40. The number of aryl methyl sites for hydroxylation is 1. The number of amides is 1. The number of ether oxygens (including phenoxy) is 1. The van der Waals surface area contributed by atoms with Crippen molar-refractivity contribution >= 4 is 33.4 Å². The molecule has 0 radical (unpaired) electrons. The Morgan fingerprint density at radius 3 is 2.96 bits per heavy atom. The third kappa shape index (κ3) is 3.59. The number of likely N-dealkylation sites (tertiary alicyclic amines) is 1. The number of carbonyl (C=O) groups is 1. The summed E-state index contributed by atoms with van der Waals surface area (Å²) in [5.74, 6) is 1.26. The fraction of sp³-hybridized carbons (Fsp3) is 0.412. The molecular weight excluding hydrogens is 396 g/mol. The second-order valence-corrected chi connectivity index (χ2v) is 7.19. The zero-order chi connectivity index (χ0) is 17.3. The van der Waals surface area contributed by atoms with E-state index in [9.17, 15) is 4.79 Å². The summed E-state index contributed by atoms with van der Waals surface area (Å²) in [7, 11) is 0. The Labute approximate surface area is 154 Å². The van der Waals surface area contributed by atoms with Crippen molar-refractivity contribution in [3.63, 3.8) is 0 Å². The molecule has 0 spiro atoms. The molecule has 24 heavy (non-hydrogen) atoms. The SMILES string of the molecule is Cc1cc(C2CCCN2C(=O)C(C)Oc2ccc(Cl)cc2Br)on1. The van der Waals surface area contributed by atoms with E-state index in [1.54, 1.807) is 25.1 Å². The van der Waals surface area contributed by atoms with Gasteiger partial charge in [-0.15, -0.1) is 0 Å². The van der Waals surface area contributed by atoms with Gasteiger partial charge in [0.05, 0.1) is 16.2 Å². The summed E-state index contributed by atoms with van der Waals surface area (Å²) in [6.07, 6.45) is 1.21. The summed E-state index contributed by atoms with van der Waals surface area (Å²) < 4.78 is 11.9. The number of benzene rings is 1. The molecule has 1 aliphatic heterocycles. The van der Waals surface area contributed by atoms with Crippen LogP contribution in [0.4, 0.5) is 0 Å². The second kappa shape index (κ2) is 7.15. The summed E-state index contributed by atoms with van der Waals surface area (Å²) in [4.78, 5) is 14.6. The number of carbonyl (C=O) groups excluding carboxylic acids is 1. The maximum absolute atomic E-state index is 12.8. The van der Waals surface area contributed by atoms with Gasteiger partial charge in [0.25, 0.3) is 5.91 Å². The van der Waals surface area contributed by atoms with Crippen LogP contribution < -0.4 is 4.74 Å². The number of hydrogen-bond donors (Lipinski definition) is 0. The van der Waals surface area contributed by atoms with Gasteiger partial charge in [0.1, 0.15) is 5.75 Å². The summed E-state index contributed by atoms with van der Waals surface area (Å²) in [6.45, 7) is 4.32. The second-order valence-electron chi connectivity index (χ2n) is 5.90. The quantitative estimate of drug-likeness (QED) is 0.739. The van der Waals surface area contributed by atoms with E-state index in [1.165, 1.54) is 0 Å². The molecular formula is C17H18BrClN2O3. The van der Waals surface area contributed by atoms with Gasteiger partial charge in [-0.1, -0.05) is 16.8 Å². The van der Waals surface area contributed by atoms with Gasteiger partial charge >= 0.3 is 0 Å². The highest BCUT2D eigenvalue weighted by molar-refractivity contribution is 9.10. The summed E-state index contributed by atoms with van der Waals surface area (Å²) in [6, 6.07) is 7.03. The molecule has 1 saturated heterocycles. The van der Waals surface area contributed by atoms with Gasteiger partial charge in [-0.05, 0) is 60.8 Å². The van der Waals surface area contributed by atoms with Crippen LogP contribution in [0.2, 0.25) is 5.02 Å². The fourth-order valence-corrected chi connectivity index (χ4v) is 3.69. The lowest BCUT2D eigenvalue weighted by Gasteiger charge is -2.26. The van der Waals surface area contributed by atoms with Crippen molar-refractivity contribution in [1.82, 2.24) is 10.1 Å². The van der Waals surface area contributed by atoms with Gasteiger partial charge < -0.3 is 14.2 Å². The van der Waals surface area contributed by atoms with Crippen molar-refractivity contribution in [1.29, 1.82) is 0 Å². The highest BCUT2D eigenvalue weighted by atomic mass is 79.9. The van der Waals surface area contributed by atoms with E-state index in [2.05, 4.69) is 21.1 Å². The van der Waals surface area contributed by atoms with Gasteiger partial charge in [-0.25, -0.2) is 0 Å². The van der Waals surface area contributed by atoms with Gasteiger partial charge in [-0.2, -0.15) is 0 Å². The van der Waals surface area contributed by atoms with Crippen molar-refractivity contribution in [2.24, 2.45) is 0 Å². The Balaban J connectivity index is 1.72. The molecule has 2 unspecified atom stereocenters. The van der Waals surface area contributed by atoms with Crippen LogP contribution in [0.5, 0.6) is 5.75 Å². The molecule has 7 heteroatoms. The van der Waals surface area contributed by atoms with Crippen LogP contribution in [0.1, 0.15) is 37.3 Å². The zero-order valence-corrected chi connectivity index (χ0v) is 15.8. The van der Waals surface area contributed by atoms with Crippen molar-refractivity contribution in [3.05, 3.63) is 45.2 Å². The average molecular weight is 414 g/mol. The summed E-state index contributed by atoms with van der Waals surface area (Å²) in [5.41, 5.74) is 0.818. The molecule has 0 N–H and O–H groups in total. The lowest BCUT2D eigenvalue weighted by atomic mass is 10.1. The first kappa shape index (κ1) is 17.3. The van der Waals surface area contributed by atoms with Gasteiger partial charge in [0.15, 0.2) is 11.9 Å². The molecule has 1 aliphatic rings. The third-order valence-electron chi connectivity index (χ3n) is 4.06. The van der Waals surface area contributed by atoms with Crippen molar-refractivity contribution in [2.75, 3.05) is 6.54 Å². The molecule has 0 bridgehead atoms. The smallest absolute Gasteiger partial charge is 0.263 e. The van der Waals surface area contributed by atoms with Crippen LogP contribution in [-0.4, -0.2) is 28.6 Å². The van der Waals surface area contributed by atoms with E-state index in [4.69, 9.17) is 20.9 Å². The van der Waals surface area contributed by atoms with Crippen LogP contribution >= 0.6 is 27.5 Å². The number of hydrogen-bond acceptors (Lipinski definition) is 4. The Kier molecular flexibility index (Phi) is 5.15. The average Bonchev–Trinajstić information content (AvgIpc) is 3.17. The zero-order valence-electron chi connectivity index (χ0n) is 13.5. The fourth-order valence-electron chi connectivity index (χ4n) is 2.91. The van der Waals surface area contributed by atoms with Crippen molar-refractivity contribution < 1.29 is 14.1 Å². The predicted octanol–water partition coefficient (Wildman–Crippen LogP) is 4.53. The summed E-state index contributed by atoms with van der Waals surface area (Å²) in [5, 5.41) is 4.53. The first-order valence-electron chi connectivity index (χ1n) is 7.81. The molecule has 1 fully saturated rings. The Bertz CT molecular complexity index is 749. The number of aromatic nitrogens is 1. The minimum Gasteiger partial charge on any atom is -0.480 e. The molecule has 5 nitrogen and oxygen atoms in total. The predicted molar refractivity (Wildman–Crippen MR) is 94.2 cm³/mol. The topological polar surface area (TPSA) is 55.6 Å². The van der Waals surface area contributed by atoms with Crippen LogP contribution in [-0.2, 0) is 4.79 Å². The van der Waals surface area contributed by atoms with Crippen molar-refractivity contribution in [2.45, 2.75) is 38.8 Å². The number of halogens is 2. The lowest BCUT2D eigenvalue weighted by molar-refractivity contribution is -0.139. The normalized spacial score (nSPS) is 18.7. The highest BCUT2D eigenvalue weighted by Gasteiger charge is 2.35. The monoisotopic (exact) mass is 412 g/mol. The van der Waals surface area contributed by atoms with E-state index in [0.717, 1.165) is 28.8 Å². The molecule has 0 saturated carbocycles. The Morgan fingerprint density at radius 1 is 1.50 bits per heavy atom. The molecule has 2 atom stereocenters. The minimum absolute atomic E-state index is 0.0617. The Hall–Kier alpha value is -1.53. The van der Waals surface area contributed by atoms with Gasteiger partial charge in [0.2, 0.25) is 0 Å². The first-order valence-corrected chi connectivity index (χ1v) is 8.98. The van der Waals surface area contributed by atoms with Crippen LogP contribution in [0.3, 0.4) is 0 Å². The minimum atomic E-state index is -0.605. The van der Waals surface area contributed by atoms with Gasteiger partial charge in [0, 0.05) is 17.6 Å². The molecule has 3 rings (SSSR count). The number of rotatable bonds is 4. The molecule has 2 heterocycles. The maximum atomic E-state index is 12.8. The van der Waals surface area contributed by atoms with E-state index < -0.39 is 6.10 Å². The van der Waals surface area contributed by atoms with E-state index in [0.29, 0.717) is 17.3 Å². The van der Waals surface area contributed by atoms with Crippen LogP contribution in [0.25, 0.3) is 0 Å². The standard InChI is InChI=1S/C17H18BrClN2O3/c1-10-8-16(24-20-10)14-4-3-7-21(14)17(22)11(2)23-15-6-5-12(19)9-13(15)18/h5-6,8-9,11,14H,3-4,7H2,1-2H3. The van der Waals surface area contributed by atoms with Crippen LogP contribution in [0.15, 0.2) is 33.3 Å². The summed E-state index contributed by atoms with van der Waals surface area (Å²) >= 11 is 9.33. The molecule has 1 amide bonds.